The Kier molecular flexibility index (Phi) is 6.12. The molecule has 2 N–H and O–H groups in total. The van der Waals surface area contributed by atoms with Gasteiger partial charge in [0.15, 0.2) is 5.11 Å². The van der Waals surface area contributed by atoms with E-state index in [2.05, 4.69) is 66.5 Å². The number of rotatable bonds is 4. The molecular formula is C21H28N3OS+. The summed E-state index contributed by atoms with van der Waals surface area (Å²) in [7, 11) is 1.75. The maximum atomic E-state index is 5.60. The predicted molar refractivity (Wildman–Crippen MR) is 111 cm³/mol. The molecule has 0 saturated carbocycles. The molecule has 138 valence electrons. The van der Waals surface area contributed by atoms with Crippen molar-refractivity contribution in [1.82, 2.24) is 4.90 Å². The second kappa shape index (κ2) is 8.52. The minimum Gasteiger partial charge on any atom is -0.496 e. The summed E-state index contributed by atoms with van der Waals surface area (Å²) in [6.45, 7) is 9.32. The number of aryl methyl sites for hydroxylation is 2. The lowest BCUT2D eigenvalue weighted by molar-refractivity contribution is -0.917. The van der Waals surface area contributed by atoms with Gasteiger partial charge in [-0.25, -0.2) is 0 Å². The van der Waals surface area contributed by atoms with Gasteiger partial charge in [0.2, 0.25) is 0 Å². The Morgan fingerprint density at radius 1 is 1.08 bits per heavy atom. The lowest BCUT2D eigenvalue weighted by Gasteiger charge is -2.34. The number of nitrogens with one attached hydrogen (secondary N) is 2. The molecule has 1 saturated heterocycles. The number of anilines is 1. The molecule has 0 aliphatic carbocycles. The molecular weight excluding hydrogens is 342 g/mol. The summed E-state index contributed by atoms with van der Waals surface area (Å²) in [5.41, 5.74) is 4.88. The third-order valence-corrected chi connectivity index (χ3v) is 5.30. The quantitative estimate of drug-likeness (QED) is 0.809. The van der Waals surface area contributed by atoms with Crippen molar-refractivity contribution < 1.29 is 9.64 Å². The fraction of sp³-hybridized carbons (Fsp3) is 0.381. The summed E-state index contributed by atoms with van der Waals surface area (Å²) in [5.74, 6) is 0.988. The highest BCUT2D eigenvalue weighted by atomic mass is 32.1. The number of hydrogen-bond acceptors (Lipinski definition) is 2. The molecule has 2 aromatic rings. The van der Waals surface area contributed by atoms with Crippen molar-refractivity contribution in [1.29, 1.82) is 0 Å². The van der Waals surface area contributed by atoms with E-state index in [4.69, 9.17) is 17.0 Å². The van der Waals surface area contributed by atoms with Crippen LogP contribution in [0, 0.1) is 13.8 Å². The van der Waals surface area contributed by atoms with Crippen molar-refractivity contribution in [2.75, 3.05) is 38.6 Å². The van der Waals surface area contributed by atoms with Gasteiger partial charge >= 0.3 is 0 Å². The van der Waals surface area contributed by atoms with Gasteiger partial charge < -0.3 is 19.9 Å². The molecule has 4 nitrogen and oxygen atoms in total. The number of piperazine rings is 1. The third kappa shape index (κ3) is 4.74. The highest BCUT2D eigenvalue weighted by molar-refractivity contribution is 7.80. The van der Waals surface area contributed by atoms with Crippen LogP contribution in [0.15, 0.2) is 42.5 Å². The van der Waals surface area contributed by atoms with Gasteiger partial charge in [-0.15, -0.1) is 0 Å². The molecule has 0 radical (unpaired) electrons. The zero-order valence-corrected chi connectivity index (χ0v) is 16.7. The molecule has 0 atom stereocenters. The minimum atomic E-state index is 0.820. The number of methoxy groups -OCH3 is 1. The first kappa shape index (κ1) is 18.7. The topological polar surface area (TPSA) is 28.9 Å². The van der Waals surface area contributed by atoms with Gasteiger partial charge in [0.25, 0.3) is 0 Å². The van der Waals surface area contributed by atoms with E-state index in [1.807, 2.05) is 0 Å². The second-order valence-corrected chi connectivity index (χ2v) is 7.41. The normalized spacial score (nSPS) is 15.0. The van der Waals surface area contributed by atoms with Gasteiger partial charge in [-0.05, 0) is 50.3 Å². The van der Waals surface area contributed by atoms with E-state index < -0.39 is 0 Å². The SMILES string of the molecule is COc1ccc(C)cc1C[NH+]1CCN(C(=S)Nc2ccc(C)cc2)CC1. The number of ether oxygens (including phenoxy) is 1. The van der Waals surface area contributed by atoms with Crippen molar-refractivity contribution in [2.45, 2.75) is 20.4 Å². The number of quaternary nitrogens is 1. The number of nitrogens with zero attached hydrogens (tertiary/aromatic N) is 1. The number of hydrogen-bond donors (Lipinski definition) is 2. The van der Waals surface area contributed by atoms with Crippen LogP contribution in [0.5, 0.6) is 5.75 Å². The smallest absolute Gasteiger partial charge is 0.173 e. The standard InChI is InChI=1S/C21H27N3OS/c1-16-4-7-19(8-5-16)22-21(26)24-12-10-23(11-13-24)15-18-14-17(2)6-9-20(18)25-3/h4-9,14H,10-13,15H2,1-3H3,(H,22,26)/p+1. The molecule has 1 heterocycles. The van der Waals surface area contributed by atoms with Crippen LogP contribution in [0.2, 0.25) is 0 Å². The molecule has 26 heavy (non-hydrogen) atoms. The van der Waals surface area contributed by atoms with Crippen molar-refractivity contribution >= 4 is 23.0 Å². The molecule has 0 unspecified atom stereocenters. The molecule has 0 spiro atoms. The lowest BCUT2D eigenvalue weighted by Crippen LogP contribution is -3.13. The van der Waals surface area contributed by atoms with Crippen molar-refractivity contribution in [3.63, 3.8) is 0 Å². The van der Waals surface area contributed by atoms with E-state index in [1.165, 1.54) is 16.7 Å². The Morgan fingerprint density at radius 2 is 1.73 bits per heavy atom. The van der Waals surface area contributed by atoms with E-state index in [0.717, 1.165) is 49.3 Å². The van der Waals surface area contributed by atoms with Crippen molar-refractivity contribution in [3.8, 4) is 5.75 Å². The van der Waals surface area contributed by atoms with E-state index in [1.54, 1.807) is 12.0 Å². The molecule has 1 aliphatic rings. The molecule has 0 bridgehead atoms. The van der Waals surface area contributed by atoms with Crippen molar-refractivity contribution in [2.24, 2.45) is 0 Å². The Balaban J connectivity index is 1.53. The zero-order valence-electron chi connectivity index (χ0n) is 15.8. The van der Waals surface area contributed by atoms with Gasteiger partial charge in [-0.2, -0.15) is 0 Å². The third-order valence-electron chi connectivity index (χ3n) is 4.94. The fourth-order valence-electron chi connectivity index (χ4n) is 3.36. The fourth-order valence-corrected chi connectivity index (χ4v) is 3.66. The van der Waals surface area contributed by atoms with Crippen LogP contribution >= 0.6 is 12.2 Å². The predicted octanol–water partition coefficient (Wildman–Crippen LogP) is 2.41. The monoisotopic (exact) mass is 370 g/mol. The Morgan fingerprint density at radius 3 is 2.38 bits per heavy atom. The Bertz CT molecular complexity index is 752. The lowest BCUT2D eigenvalue weighted by atomic mass is 10.1. The summed E-state index contributed by atoms with van der Waals surface area (Å²) >= 11 is 5.60. The summed E-state index contributed by atoms with van der Waals surface area (Å²) in [6.07, 6.45) is 0. The second-order valence-electron chi connectivity index (χ2n) is 7.03. The molecule has 0 amide bonds. The molecule has 1 fully saturated rings. The van der Waals surface area contributed by atoms with Crippen LogP contribution in [0.25, 0.3) is 0 Å². The summed E-state index contributed by atoms with van der Waals surface area (Å²) in [6, 6.07) is 14.8. The van der Waals surface area contributed by atoms with Gasteiger partial charge in [0.1, 0.15) is 12.3 Å². The summed E-state index contributed by atoms with van der Waals surface area (Å²) in [5, 5.41) is 4.18. The van der Waals surface area contributed by atoms with Gasteiger partial charge in [0, 0.05) is 11.3 Å². The van der Waals surface area contributed by atoms with E-state index in [9.17, 15) is 0 Å². The van der Waals surface area contributed by atoms with Gasteiger partial charge in [0.05, 0.1) is 33.3 Å². The molecule has 2 aromatic carbocycles. The molecule has 5 heteroatoms. The van der Waals surface area contributed by atoms with Crippen LogP contribution in [0.3, 0.4) is 0 Å². The first-order valence-electron chi connectivity index (χ1n) is 9.15. The van der Waals surface area contributed by atoms with Gasteiger partial charge in [-0.1, -0.05) is 29.3 Å². The van der Waals surface area contributed by atoms with Crippen LogP contribution < -0.4 is 15.0 Å². The number of benzene rings is 2. The zero-order chi connectivity index (χ0) is 18.5. The number of thiocarbonyl (C=S) groups is 1. The Labute approximate surface area is 161 Å². The average Bonchev–Trinajstić information content (AvgIpc) is 2.64. The van der Waals surface area contributed by atoms with Crippen LogP contribution in [0.1, 0.15) is 16.7 Å². The average molecular weight is 371 g/mol. The van der Waals surface area contributed by atoms with Crippen LogP contribution in [-0.4, -0.2) is 43.3 Å². The summed E-state index contributed by atoms with van der Waals surface area (Å²) < 4.78 is 5.52. The highest BCUT2D eigenvalue weighted by Crippen LogP contribution is 2.18. The van der Waals surface area contributed by atoms with E-state index in [0.29, 0.717) is 0 Å². The maximum Gasteiger partial charge on any atom is 0.173 e. The first-order valence-corrected chi connectivity index (χ1v) is 9.55. The molecule has 0 aromatic heterocycles. The van der Waals surface area contributed by atoms with Crippen molar-refractivity contribution in [3.05, 3.63) is 59.2 Å². The Hall–Kier alpha value is -2.11. The van der Waals surface area contributed by atoms with E-state index in [-0.39, 0.29) is 0 Å². The minimum absolute atomic E-state index is 0.820. The highest BCUT2D eigenvalue weighted by Gasteiger charge is 2.23. The first-order chi connectivity index (χ1) is 12.5. The van der Waals surface area contributed by atoms with Crippen LogP contribution in [-0.2, 0) is 6.54 Å². The van der Waals surface area contributed by atoms with Gasteiger partial charge in [-0.3, -0.25) is 0 Å². The summed E-state index contributed by atoms with van der Waals surface area (Å²) in [4.78, 5) is 3.84. The molecule has 1 aliphatic heterocycles. The molecule has 3 rings (SSSR count). The largest absolute Gasteiger partial charge is 0.496 e. The maximum absolute atomic E-state index is 5.60. The van der Waals surface area contributed by atoms with E-state index >= 15 is 0 Å². The van der Waals surface area contributed by atoms with Crippen LogP contribution in [0.4, 0.5) is 5.69 Å².